The maximum absolute atomic E-state index is 5.92. The van der Waals surface area contributed by atoms with Gasteiger partial charge in [0.05, 0.1) is 5.92 Å². The highest BCUT2D eigenvalue weighted by molar-refractivity contribution is 5.25. The van der Waals surface area contributed by atoms with Crippen LogP contribution in [-0.4, -0.2) is 29.8 Å². The first-order valence-electron chi connectivity index (χ1n) is 5.40. The Morgan fingerprint density at radius 3 is 2.67 bits per heavy atom. The highest BCUT2D eigenvalue weighted by atomic mass is 16.5. The summed E-state index contributed by atoms with van der Waals surface area (Å²) in [5.74, 6) is 1.36. The zero-order valence-electron chi connectivity index (χ0n) is 9.90. The van der Waals surface area contributed by atoms with Gasteiger partial charge in [-0.25, -0.2) is 0 Å². The molecule has 0 aliphatic rings. The molecule has 1 heterocycles. The Kier molecular flexibility index (Phi) is 4.08. The van der Waals surface area contributed by atoms with Crippen molar-refractivity contribution in [2.24, 2.45) is 5.73 Å². The van der Waals surface area contributed by atoms with E-state index < -0.39 is 0 Å². The van der Waals surface area contributed by atoms with Crippen LogP contribution in [0.15, 0.2) is 4.52 Å². The fourth-order valence-corrected chi connectivity index (χ4v) is 1.25. The summed E-state index contributed by atoms with van der Waals surface area (Å²) in [5, 5.41) is 3.91. The summed E-state index contributed by atoms with van der Waals surface area (Å²) < 4.78 is 5.19. The largest absolute Gasteiger partial charge is 0.342 e. The minimum absolute atomic E-state index is 0.0743. The Balaban J connectivity index is 2.75. The third kappa shape index (κ3) is 2.68. The van der Waals surface area contributed by atoms with Gasteiger partial charge in [-0.05, 0) is 18.5 Å². The first kappa shape index (κ1) is 12.0. The van der Waals surface area contributed by atoms with Gasteiger partial charge in [0.15, 0.2) is 0 Å². The first-order valence-corrected chi connectivity index (χ1v) is 5.40. The van der Waals surface area contributed by atoms with E-state index in [9.17, 15) is 0 Å². The molecule has 1 rings (SSSR count). The van der Waals surface area contributed by atoms with Gasteiger partial charge in [0.2, 0.25) is 5.89 Å². The molecule has 0 amide bonds. The maximum Gasteiger partial charge on any atom is 0.265 e. The van der Waals surface area contributed by atoms with Crippen LogP contribution in [0.1, 0.15) is 39.0 Å². The van der Waals surface area contributed by atoms with E-state index in [0.717, 1.165) is 13.0 Å². The van der Waals surface area contributed by atoms with Gasteiger partial charge < -0.3 is 15.2 Å². The molecule has 15 heavy (non-hydrogen) atoms. The van der Waals surface area contributed by atoms with Crippen LogP contribution in [0, 0.1) is 0 Å². The van der Waals surface area contributed by atoms with Gasteiger partial charge in [-0.3, -0.25) is 0 Å². The second-order valence-electron chi connectivity index (χ2n) is 3.81. The Hall–Kier alpha value is -1.10. The summed E-state index contributed by atoms with van der Waals surface area (Å²) in [6.07, 6.45) is 0.905. The standard InChI is InChI=1S/C10H20N4O/c1-5-8(11)7(3)9-12-10(13-15-9)14(4)6-2/h7-8H,5-6,11H2,1-4H3. The Morgan fingerprint density at radius 1 is 1.47 bits per heavy atom. The van der Waals surface area contributed by atoms with Crippen LogP contribution >= 0.6 is 0 Å². The van der Waals surface area contributed by atoms with E-state index in [1.807, 2.05) is 25.8 Å². The number of hydrogen-bond donors (Lipinski definition) is 1. The summed E-state index contributed by atoms with van der Waals surface area (Å²) in [5.41, 5.74) is 5.92. The fourth-order valence-electron chi connectivity index (χ4n) is 1.25. The van der Waals surface area contributed by atoms with Crippen LogP contribution in [-0.2, 0) is 0 Å². The Labute approximate surface area is 90.6 Å². The molecule has 86 valence electrons. The van der Waals surface area contributed by atoms with Crippen molar-refractivity contribution in [2.45, 2.75) is 39.2 Å². The smallest absolute Gasteiger partial charge is 0.265 e. The van der Waals surface area contributed by atoms with E-state index in [2.05, 4.69) is 17.1 Å². The SMILES string of the molecule is CCC(N)C(C)c1nc(N(C)CC)no1. The van der Waals surface area contributed by atoms with Crippen molar-refractivity contribution >= 4 is 5.95 Å². The molecule has 0 saturated carbocycles. The van der Waals surface area contributed by atoms with E-state index in [0.29, 0.717) is 11.8 Å². The molecular weight excluding hydrogens is 192 g/mol. The lowest BCUT2D eigenvalue weighted by molar-refractivity contribution is 0.339. The Morgan fingerprint density at radius 2 is 2.13 bits per heavy atom. The van der Waals surface area contributed by atoms with E-state index in [-0.39, 0.29) is 12.0 Å². The lowest BCUT2D eigenvalue weighted by atomic mass is 10.0. The molecule has 0 aromatic carbocycles. The molecule has 1 aromatic heterocycles. The van der Waals surface area contributed by atoms with Crippen molar-refractivity contribution < 1.29 is 4.52 Å². The van der Waals surface area contributed by atoms with E-state index in [1.54, 1.807) is 0 Å². The third-order valence-electron chi connectivity index (χ3n) is 2.75. The molecule has 5 heteroatoms. The molecule has 0 aliphatic carbocycles. The van der Waals surface area contributed by atoms with Gasteiger partial charge >= 0.3 is 0 Å². The van der Waals surface area contributed by atoms with E-state index in [1.165, 1.54) is 0 Å². The highest BCUT2D eigenvalue weighted by Crippen LogP contribution is 2.19. The number of anilines is 1. The first-order chi connectivity index (χ1) is 7.10. The van der Waals surface area contributed by atoms with Gasteiger partial charge in [0.25, 0.3) is 5.95 Å². The predicted octanol–water partition coefficient (Wildman–Crippen LogP) is 1.37. The lowest BCUT2D eigenvalue weighted by Gasteiger charge is -2.13. The maximum atomic E-state index is 5.92. The summed E-state index contributed by atoms with van der Waals surface area (Å²) in [4.78, 5) is 6.25. The molecule has 1 aromatic rings. The second kappa shape index (κ2) is 5.11. The zero-order chi connectivity index (χ0) is 11.4. The molecule has 2 atom stereocenters. The van der Waals surface area contributed by atoms with Crippen LogP contribution in [0.3, 0.4) is 0 Å². The molecule has 2 N–H and O–H groups in total. The monoisotopic (exact) mass is 212 g/mol. The summed E-state index contributed by atoms with van der Waals surface area (Å²) in [7, 11) is 1.93. The van der Waals surface area contributed by atoms with E-state index in [4.69, 9.17) is 10.3 Å². The van der Waals surface area contributed by atoms with Gasteiger partial charge in [0, 0.05) is 19.6 Å². The Bertz CT molecular complexity index is 299. The fraction of sp³-hybridized carbons (Fsp3) is 0.800. The average molecular weight is 212 g/mol. The third-order valence-corrected chi connectivity index (χ3v) is 2.75. The van der Waals surface area contributed by atoms with Crippen molar-refractivity contribution in [2.75, 3.05) is 18.5 Å². The molecular formula is C10H20N4O. The van der Waals surface area contributed by atoms with Gasteiger partial charge in [-0.15, -0.1) is 0 Å². The normalized spacial score (nSPS) is 15.0. The highest BCUT2D eigenvalue weighted by Gasteiger charge is 2.20. The van der Waals surface area contributed by atoms with Crippen LogP contribution in [0.25, 0.3) is 0 Å². The van der Waals surface area contributed by atoms with Crippen LogP contribution in [0.2, 0.25) is 0 Å². The summed E-state index contributed by atoms with van der Waals surface area (Å²) >= 11 is 0. The molecule has 2 unspecified atom stereocenters. The van der Waals surface area contributed by atoms with Crippen molar-refractivity contribution in [3.8, 4) is 0 Å². The van der Waals surface area contributed by atoms with E-state index >= 15 is 0 Å². The van der Waals surface area contributed by atoms with Crippen molar-refractivity contribution in [1.82, 2.24) is 10.1 Å². The van der Waals surface area contributed by atoms with Crippen molar-refractivity contribution in [3.05, 3.63) is 5.89 Å². The topological polar surface area (TPSA) is 68.2 Å². The summed E-state index contributed by atoms with van der Waals surface area (Å²) in [6.45, 7) is 6.96. The van der Waals surface area contributed by atoms with Crippen molar-refractivity contribution in [3.63, 3.8) is 0 Å². The minimum atomic E-state index is 0.0743. The van der Waals surface area contributed by atoms with Crippen LogP contribution < -0.4 is 10.6 Å². The molecule has 5 nitrogen and oxygen atoms in total. The molecule has 0 aliphatic heterocycles. The molecule has 0 spiro atoms. The number of rotatable bonds is 5. The predicted molar refractivity (Wildman–Crippen MR) is 59.9 cm³/mol. The van der Waals surface area contributed by atoms with Crippen LogP contribution in [0.5, 0.6) is 0 Å². The van der Waals surface area contributed by atoms with Crippen molar-refractivity contribution in [1.29, 1.82) is 0 Å². The summed E-state index contributed by atoms with van der Waals surface area (Å²) in [6, 6.07) is 0.0743. The molecule has 0 bridgehead atoms. The minimum Gasteiger partial charge on any atom is -0.342 e. The van der Waals surface area contributed by atoms with Crippen LogP contribution in [0.4, 0.5) is 5.95 Å². The number of nitrogens with zero attached hydrogens (tertiary/aromatic N) is 3. The second-order valence-corrected chi connectivity index (χ2v) is 3.81. The lowest BCUT2D eigenvalue weighted by Crippen LogP contribution is -2.26. The van der Waals surface area contributed by atoms with Gasteiger partial charge in [0.1, 0.15) is 0 Å². The average Bonchev–Trinajstić information content (AvgIpc) is 2.75. The van der Waals surface area contributed by atoms with Gasteiger partial charge in [-0.1, -0.05) is 13.8 Å². The molecule has 0 saturated heterocycles. The zero-order valence-corrected chi connectivity index (χ0v) is 9.90. The number of nitrogens with two attached hydrogens (primary N) is 1. The van der Waals surface area contributed by atoms with Gasteiger partial charge in [-0.2, -0.15) is 4.98 Å². The number of aromatic nitrogens is 2. The molecule has 0 radical (unpaired) electrons. The molecule has 0 fully saturated rings. The number of hydrogen-bond acceptors (Lipinski definition) is 5. The quantitative estimate of drug-likeness (QED) is 0.798.